The van der Waals surface area contributed by atoms with Crippen molar-refractivity contribution in [2.75, 3.05) is 24.7 Å². The highest BCUT2D eigenvalue weighted by atomic mass is 32.2. The molecule has 1 rings (SSSR count). The first-order valence-electron chi connectivity index (χ1n) is 6.61. The molecule has 0 aliphatic heterocycles. The van der Waals surface area contributed by atoms with Gasteiger partial charge in [0.1, 0.15) is 12.4 Å². The molecule has 4 nitrogen and oxygen atoms in total. The summed E-state index contributed by atoms with van der Waals surface area (Å²) in [6.45, 7) is 4.26. The van der Waals surface area contributed by atoms with Crippen molar-refractivity contribution >= 4 is 9.84 Å². The van der Waals surface area contributed by atoms with E-state index in [9.17, 15) is 8.42 Å². The first-order chi connectivity index (χ1) is 9.48. The average molecular weight is 295 g/mol. The summed E-state index contributed by atoms with van der Waals surface area (Å²) in [6, 6.07) is 5.55. The second-order valence-corrected chi connectivity index (χ2v) is 6.79. The highest BCUT2D eigenvalue weighted by molar-refractivity contribution is 7.91. The number of sulfone groups is 1. The van der Waals surface area contributed by atoms with Crippen molar-refractivity contribution in [1.82, 2.24) is 0 Å². The highest BCUT2D eigenvalue weighted by Crippen LogP contribution is 2.18. The summed E-state index contributed by atoms with van der Waals surface area (Å²) in [4.78, 5) is 0. The molecule has 110 valence electrons. The Morgan fingerprint density at radius 2 is 2.05 bits per heavy atom. The molecule has 0 heterocycles. The Bertz CT molecular complexity index is 597. The van der Waals surface area contributed by atoms with Gasteiger partial charge in [-0.3, -0.25) is 0 Å². The van der Waals surface area contributed by atoms with Crippen LogP contribution in [0, 0.1) is 18.8 Å². The number of hydrogen-bond donors (Lipinski definition) is 1. The fourth-order valence-corrected chi connectivity index (χ4v) is 2.90. The topological polar surface area (TPSA) is 69.4 Å². The maximum atomic E-state index is 11.6. The van der Waals surface area contributed by atoms with E-state index in [1.54, 1.807) is 0 Å². The van der Waals surface area contributed by atoms with Crippen LogP contribution < -0.4 is 10.5 Å². The van der Waals surface area contributed by atoms with Gasteiger partial charge in [0.05, 0.1) is 18.1 Å². The van der Waals surface area contributed by atoms with Crippen molar-refractivity contribution in [2.45, 2.75) is 20.3 Å². The zero-order chi connectivity index (χ0) is 15.0. The van der Waals surface area contributed by atoms with E-state index in [0.29, 0.717) is 18.7 Å². The van der Waals surface area contributed by atoms with Crippen molar-refractivity contribution in [3.05, 3.63) is 29.3 Å². The quantitative estimate of drug-likeness (QED) is 0.808. The molecule has 1 aromatic carbocycles. The lowest BCUT2D eigenvalue weighted by atomic mass is 10.1. The molecule has 20 heavy (non-hydrogen) atoms. The molecule has 1 aromatic rings. The summed E-state index contributed by atoms with van der Waals surface area (Å²) in [7, 11) is -3.00. The molecule has 0 fully saturated rings. The zero-order valence-corrected chi connectivity index (χ0v) is 12.8. The smallest absolute Gasteiger partial charge is 0.153 e. The first-order valence-corrected chi connectivity index (χ1v) is 8.43. The predicted octanol–water partition coefficient (Wildman–Crippen LogP) is 1.51. The molecule has 0 unspecified atom stereocenters. The molecule has 0 radical (unpaired) electrons. The van der Waals surface area contributed by atoms with E-state index in [-0.39, 0.29) is 18.1 Å². The molecule has 0 spiro atoms. The largest absolute Gasteiger partial charge is 0.492 e. The van der Waals surface area contributed by atoms with Crippen LogP contribution >= 0.6 is 0 Å². The molecule has 0 aliphatic carbocycles. The minimum Gasteiger partial charge on any atom is -0.492 e. The Kier molecular flexibility index (Phi) is 6.56. The van der Waals surface area contributed by atoms with Gasteiger partial charge in [0.2, 0.25) is 0 Å². The van der Waals surface area contributed by atoms with Gasteiger partial charge in [-0.1, -0.05) is 18.8 Å². The van der Waals surface area contributed by atoms with Gasteiger partial charge >= 0.3 is 0 Å². The average Bonchev–Trinajstić information content (AvgIpc) is 2.38. The summed E-state index contributed by atoms with van der Waals surface area (Å²) in [5.41, 5.74) is 7.13. The van der Waals surface area contributed by atoms with Crippen LogP contribution in [0.25, 0.3) is 0 Å². The zero-order valence-electron chi connectivity index (χ0n) is 12.0. The van der Waals surface area contributed by atoms with Crippen molar-refractivity contribution < 1.29 is 13.2 Å². The van der Waals surface area contributed by atoms with E-state index in [1.165, 1.54) is 0 Å². The van der Waals surface area contributed by atoms with Gasteiger partial charge in [0, 0.05) is 5.56 Å². The van der Waals surface area contributed by atoms with Crippen LogP contribution in [0.4, 0.5) is 0 Å². The molecule has 0 atom stereocenters. The number of benzene rings is 1. The second-order valence-electron chi connectivity index (χ2n) is 4.49. The molecule has 0 bridgehead atoms. The lowest BCUT2D eigenvalue weighted by molar-refractivity contribution is 0.338. The SMILES string of the molecule is CCCS(=O)(=O)CCOc1ccc(C#CCN)cc1C. The normalized spacial score (nSPS) is 10.8. The Morgan fingerprint density at radius 3 is 2.65 bits per heavy atom. The summed E-state index contributed by atoms with van der Waals surface area (Å²) in [6.07, 6.45) is 0.635. The number of ether oxygens (including phenoxy) is 1. The Labute approximate surface area is 121 Å². The van der Waals surface area contributed by atoms with Gasteiger partial charge in [-0.25, -0.2) is 8.42 Å². The lowest BCUT2D eigenvalue weighted by Gasteiger charge is -2.09. The van der Waals surface area contributed by atoms with Crippen LogP contribution in [0.15, 0.2) is 18.2 Å². The van der Waals surface area contributed by atoms with Gasteiger partial charge in [-0.05, 0) is 37.1 Å². The minimum absolute atomic E-state index is 0.0506. The summed E-state index contributed by atoms with van der Waals surface area (Å²) in [5.74, 6) is 6.68. The molecule has 0 amide bonds. The number of hydrogen-bond acceptors (Lipinski definition) is 4. The summed E-state index contributed by atoms with van der Waals surface area (Å²) < 4.78 is 28.7. The standard InChI is InChI=1S/C15H21NO3S/c1-3-10-20(17,18)11-9-19-15-7-6-14(5-4-8-16)12-13(15)2/h6-7,12H,3,8-11,16H2,1-2H3. The van der Waals surface area contributed by atoms with Crippen LogP contribution in [0.5, 0.6) is 5.75 Å². The maximum absolute atomic E-state index is 11.6. The minimum atomic E-state index is -3.00. The highest BCUT2D eigenvalue weighted by Gasteiger charge is 2.10. The van der Waals surface area contributed by atoms with Crippen LogP contribution in [-0.2, 0) is 9.84 Å². The molecule has 0 aliphatic rings. The Balaban J connectivity index is 2.61. The van der Waals surface area contributed by atoms with Crippen LogP contribution in [0.3, 0.4) is 0 Å². The third kappa shape index (κ3) is 5.64. The van der Waals surface area contributed by atoms with Gasteiger partial charge in [-0.15, -0.1) is 0 Å². The van der Waals surface area contributed by atoms with Crippen LogP contribution in [-0.4, -0.2) is 33.1 Å². The monoisotopic (exact) mass is 295 g/mol. The second kappa shape index (κ2) is 7.93. The number of aryl methyl sites for hydroxylation is 1. The maximum Gasteiger partial charge on any atom is 0.153 e. The van der Waals surface area contributed by atoms with Crippen LogP contribution in [0.1, 0.15) is 24.5 Å². The van der Waals surface area contributed by atoms with Gasteiger partial charge in [0.15, 0.2) is 9.84 Å². The molecular weight excluding hydrogens is 274 g/mol. The van der Waals surface area contributed by atoms with Gasteiger partial charge in [-0.2, -0.15) is 0 Å². The summed E-state index contributed by atoms with van der Waals surface area (Å²) in [5, 5.41) is 0. The molecule has 0 saturated heterocycles. The van der Waals surface area contributed by atoms with E-state index in [4.69, 9.17) is 10.5 Å². The molecule has 5 heteroatoms. The van der Waals surface area contributed by atoms with E-state index in [0.717, 1.165) is 11.1 Å². The van der Waals surface area contributed by atoms with Gasteiger partial charge < -0.3 is 10.5 Å². The molecule has 0 saturated carbocycles. The van der Waals surface area contributed by atoms with E-state index in [1.807, 2.05) is 32.0 Å². The van der Waals surface area contributed by atoms with E-state index >= 15 is 0 Å². The number of nitrogens with two attached hydrogens (primary N) is 1. The third-order valence-corrected chi connectivity index (χ3v) is 4.50. The fourth-order valence-electron chi connectivity index (χ4n) is 1.73. The number of rotatable bonds is 6. The molecular formula is C15H21NO3S. The van der Waals surface area contributed by atoms with Crippen LogP contribution in [0.2, 0.25) is 0 Å². The Hall–Kier alpha value is -1.51. The van der Waals surface area contributed by atoms with E-state index in [2.05, 4.69) is 11.8 Å². The van der Waals surface area contributed by atoms with E-state index < -0.39 is 9.84 Å². The third-order valence-electron chi connectivity index (χ3n) is 2.68. The fraction of sp³-hybridized carbons (Fsp3) is 0.467. The van der Waals surface area contributed by atoms with Crippen molar-refractivity contribution in [3.8, 4) is 17.6 Å². The van der Waals surface area contributed by atoms with Crippen molar-refractivity contribution in [2.24, 2.45) is 5.73 Å². The Morgan fingerprint density at radius 1 is 1.30 bits per heavy atom. The predicted molar refractivity (Wildman–Crippen MR) is 81.6 cm³/mol. The molecule has 2 N–H and O–H groups in total. The first kappa shape index (κ1) is 16.5. The molecule has 0 aromatic heterocycles. The van der Waals surface area contributed by atoms with Crippen molar-refractivity contribution in [1.29, 1.82) is 0 Å². The van der Waals surface area contributed by atoms with Crippen molar-refractivity contribution in [3.63, 3.8) is 0 Å². The summed E-state index contributed by atoms with van der Waals surface area (Å²) >= 11 is 0. The van der Waals surface area contributed by atoms with Gasteiger partial charge in [0.25, 0.3) is 0 Å². The lowest BCUT2D eigenvalue weighted by Crippen LogP contribution is -2.17.